The Morgan fingerprint density at radius 2 is 1.77 bits per heavy atom. The van der Waals surface area contributed by atoms with E-state index in [1.165, 1.54) is 24.1 Å². The summed E-state index contributed by atoms with van der Waals surface area (Å²) in [5.74, 6) is 0.525. The van der Waals surface area contributed by atoms with E-state index in [1.807, 2.05) is 6.07 Å². The first-order valence-electron chi connectivity index (χ1n) is 10.1. The number of rotatable bonds is 6. The number of aromatic nitrogens is 2. The predicted octanol–water partition coefficient (Wildman–Crippen LogP) is 4.43. The molecule has 4 heteroatoms. The van der Waals surface area contributed by atoms with Crippen molar-refractivity contribution in [2.24, 2.45) is 5.73 Å². The normalized spacial score (nSPS) is 19.0. The summed E-state index contributed by atoms with van der Waals surface area (Å²) in [6.45, 7) is 11.2. The molecule has 0 saturated carbocycles. The molecule has 1 saturated heterocycles. The molecule has 0 amide bonds. The molecule has 1 aromatic carbocycles. The molecule has 142 valence electrons. The molecule has 3 rings (SSSR count). The number of hydrogen-bond donors (Lipinski definition) is 1. The molecule has 0 aliphatic carbocycles. The van der Waals surface area contributed by atoms with E-state index in [1.54, 1.807) is 0 Å². The summed E-state index contributed by atoms with van der Waals surface area (Å²) in [5, 5.41) is 4.79. The van der Waals surface area contributed by atoms with E-state index < -0.39 is 0 Å². The van der Waals surface area contributed by atoms with E-state index in [9.17, 15) is 0 Å². The minimum absolute atomic E-state index is 0.116. The van der Waals surface area contributed by atoms with Crippen LogP contribution in [0.4, 0.5) is 0 Å². The van der Waals surface area contributed by atoms with Crippen molar-refractivity contribution in [3.63, 3.8) is 0 Å². The van der Waals surface area contributed by atoms with Crippen molar-refractivity contribution >= 4 is 0 Å². The Kier molecular flexibility index (Phi) is 6.15. The van der Waals surface area contributed by atoms with Crippen LogP contribution in [0.2, 0.25) is 0 Å². The molecule has 26 heavy (non-hydrogen) atoms. The molecule has 0 bridgehead atoms. The van der Waals surface area contributed by atoms with Gasteiger partial charge < -0.3 is 10.6 Å². The van der Waals surface area contributed by atoms with Gasteiger partial charge in [-0.15, -0.1) is 0 Å². The van der Waals surface area contributed by atoms with Crippen molar-refractivity contribution in [2.75, 3.05) is 13.1 Å². The molecule has 2 N–H and O–H groups in total. The van der Waals surface area contributed by atoms with Crippen molar-refractivity contribution in [3.8, 4) is 0 Å². The van der Waals surface area contributed by atoms with Gasteiger partial charge in [-0.2, -0.15) is 5.10 Å². The van der Waals surface area contributed by atoms with Crippen LogP contribution in [0.1, 0.15) is 75.0 Å². The molecule has 4 nitrogen and oxygen atoms in total. The van der Waals surface area contributed by atoms with Gasteiger partial charge in [-0.05, 0) is 50.7 Å². The largest absolute Gasteiger partial charge is 0.324 e. The summed E-state index contributed by atoms with van der Waals surface area (Å²) in [6.07, 6.45) is 3.35. The minimum atomic E-state index is 0.116. The number of nitrogens with two attached hydrogens (primary N) is 1. The molecule has 1 aliphatic heterocycles. The number of hydrogen-bond acceptors (Lipinski definition) is 3. The quantitative estimate of drug-likeness (QED) is 0.835. The smallest absolute Gasteiger partial charge is 0.0596 e. The maximum absolute atomic E-state index is 6.44. The number of aryl methyl sites for hydroxylation is 1. The maximum Gasteiger partial charge on any atom is 0.0596 e. The number of piperidine rings is 1. The van der Waals surface area contributed by atoms with E-state index >= 15 is 0 Å². The Morgan fingerprint density at radius 3 is 2.38 bits per heavy atom. The molecule has 2 heterocycles. The Hall–Kier alpha value is -1.65. The van der Waals surface area contributed by atoms with Crippen LogP contribution in [0.15, 0.2) is 36.4 Å². The Morgan fingerprint density at radius 1 is 1.12 bits per heavy atom. The molecule has 2 atom stereocenters. The summed E-state index contributed by atoms with van der Waals surface area (Å²) >= 11 is 0. The zero-order chi connectivity index (χ0) is 18.7. The minimum Gasteiger partial charge on any atom is -0.324 e. The van der Waals surface area contributed by atoms with Gasteiger partial charge in [0.05, 0.1) is 11.7 Å². The number of benzene rings is 1. The fourth-order valence-electron chi connectivity index (χ4n) is 4.18. The average Bonchev–Trinajstić information content (AvgIpc) is 3.04. The third kappa shape index (κ3) is 4.36. The highest BCUT2D eigenvalue weighted by molar-refractivity contribution is 5.18. The van der Waals surface area contributed by atoms with Gasteiger partial charge in [0.2, 0.25) is 0 Å². The van der Waals surface area contributed by atoms with Gasteiger partial charge in [-0.25, -0.2) is 0 Å². The monoisotopic (exact) mass is 354 g/mol. The van der Waals surface area contributed by atoms with Crippen LogP contribution in [-0.2, 0) is 0 Å². The van der Waals surface area contributed by atoms with Gasteiger partial charge >= 0.3 is 0 Å². The van der Waals surface area contributed by atoms with Crippen LogP contribution in [0.25, 0.3) is 0 Å². The fraction of sp³-hybridized carbons (Fsp3) is 0.591. The van der Waals surface area contributed by atoms with Crippen molar-refractivity contribution in [2.45, 2.75) is 71.0 Å². The Labute approximate surface area is 158 Å². The molecule has 1 aromatic heterocycles. The van der Waals surface area contributed by atoms with Crippen molar-refractivity contribution in [3.05, 3.63) is 53.3 Å². The van der Waals surface area contributed by atoms with E-state index in [-0.39, 0.29) is 6.04 Å². The van der Waals surface area contributed by atoms with Crippen molar-refractivity contribution in [1.29, 1.82) is 0 Å². The lowest BCUT2D eigenvalue weighted by Crippen LogP contribution is -2.42. The topological polar surface area (TPSA) is 47.1 Å². The molecule has 2 aromatic rings. The second-order valence-electron chi connectivity index (χ2n) is 8.18. The predicted molar refractivity (Wildman–Crippen MR) is 108 cm³/mol. The van der Waals surface area contributed by atoms with Crippen LogP contribution >= 0.6 is 0 Å². The maximum atomic E-state index is 6.44. The third-order valence-corrected chi connectivity index (χ3v) is 5.77. The summed E-state index contributed by atoms with van der Waals surface area (Å²) in [5.41, 5.74) is 10.2. The number of likely N-dealkylation sites (tertiary alicyclic amines) is 1. The SMILES string of the molecule is Cc1cc(C(C)C)n(C2CCN(C(C)C[C@H](N)c3ccccc3)CC2)n1. The van der Waals surface area contributed by atoms with Gasteiger partial charge in [0.1, 0.15) is 0 Å². The Bertz CT molecular complexity index is 683. The molecule has 1 fully saturated rings. The van der Waals surface area contributed by atoms with Crippen LogP contribution in [0, 0.1) is 6.92 Å². The van der Waals surface area contributed by atoms with Gasteiger partial charge in [-0.3, -0.25) is 4.68 Å². The highest BCUT2D eigenvalue weighted by Gasteiger charge is 2.27. The molecule has 0 radical (unpaired) electrons. The second-order valence-corrected chi connectivity index (χ2v) is 8.18. The fourth-order valence-corrected chi connectivity index (χ4v) is 4.18. The zero-order valence-corrected chi connectivity index (χ0v) is 16.7. The van der Waals surface area contributed by atoms with Gasteiger partial charge in [0.15, 0.2) is 0 Å². The van der Waals surface area contributed by atoms with Crippen LogP contribution in [-0.4, -0.2) is 33.8 Å². The lowest BCUT2D eigenvalue weighted by molar-refractivity contribution is 0.128. The highest BCUT2D eigenvalue weighted by Crippen LogP contribution is 2.29. The van der Waals surface area contributed by atoms with Crippen LogP contribution in [0.3, 0.4) is 0 Å². The first kappa shape index (κ1) is 19.1. The first-order chi connectivity index (χ1) is 12.5. The Balaban J connectivity index is 1.56. The molecule has 0 spiro atoms. The lowest BCUT2D eigenvalue weighted by atomic mass is 9.97. The van der Waals surface area contributed by atoms with Gasteiger partial charge in [0, 0.05) is 30.9 Å². The molecular weight excluding hydrogens is 320 g/mol. The van der Waals surface area contributed by atoms with E-state index in [2.05, 4.69) is 67.6 Å². The lowest BCUT2D eigenvalue weighted by Gasteiger charge is -2.37. The van der Waals surface area contributed by atoms with Gasteiger partial charge in [0.25, 0.3) is 0 Å². The number of nitrogens with zero attached hydrogens (tertiary/aromatic N) is 3. The average molecular weight is 355 g/mol. The summed E-state index contributed by atoms with van der Waals surface area (Å²) < 4.78 is 2.30. The van der Waals surface area contributed by atoms with Gasteiger partial charge in [-0.1, -0.05) is 44.2 Å². The zero-order valence-electron chi connectivity index (χ0n) is 16.7. The van der Waals surface area contributed by atoms with E-state index in [0.29, 0.717) is 18.0 Å². The first-order valence-corrected chi connectivity index (χ1v) is 10.1. The van der Waals surface area contributed by atoms with Crippen LogP contribution in [0.5, 0.6) is 0 Å². The summed E-state index contributed by atoms with van der Waals surface area (Å²) in [7, 11) is 0. The highest BCUT2D eigenvalue weighted by atomic mass is 15.3. The molecule has 1 unspecified atom stereocenters. The molecular formula is C22H34N4. The molecule has 1 aliphatic rings. The summed E-state index contributed by atoms with van der Waals surface area (Å²) in [6, 6.07) is 13.9. The third-order valence-electron chi connectivity index (χ3n) is 5.77. The van der Waals surface area contributed by atoms with E-state index in [4.69, 9.17) is 10.8 Å². The summed E-state index contributed by atoms with van der Waals surface area (Å²) in [4.78, 5) is 2.60. The van der Waals surface area contributed by atoms with E-state index in [0.717, 1.165) is 25.2 Å². The van der Waals surface area contributed by atoms with Crippen LogP contribution < -0.4 is 5.73 Å². The standard InChI is InChI=1S/C22H34N4/c1-16(2)22-14-17(3)24-26(22)20-10-12-25(13-11-20)18(4)15-21(23)19-8-6-5-7-9-19/h5-9,14,16,18,20-21H,10-13,15,23H2,1-4H3/t18?,21-/m0/s1. The second kappa shape index (κ2) is 8.36. The van der Waals surface area contributed by atoms with Crippen molar-refractivity contribution < 1.29 is 0 Å². The van der Waals surface area contributed by atoms with Crippen molar-refractivity contribution in [1.82, 2.24) is 14.7 Å².